The van der Waals surface area contributed by atoms with Crippen LogP contribution in [-0.4, -0.2) is 7.05 Å². The van der Waals surface area contributed by atoms with Gasteiger partial charge in [-0.15, -0.1) is 0 Å². The smallest absolute Gasteiger partial charge is 0.173 e. The van der Waals surface area contributed by atoms with E-state index in [4.69, 9.17) is 4.42 Å². The van der Waals surface area contributed by atoms with Crippen LogP contribution < -0.4 is 5.32 Å². The molecule has 2 nitrogen and oxygen atoms in total. The Morgan fingerprint density at radius 1 is 1.18 bits per heavy atom. The van der Waals surface area contributed by atoms with E-state index in [1.54, 1.807) is 6.26 Å². The van der Waals surface area contributed by atoms with E-state index in [1.165, 1.54) is 5.56 Å². The van der Waals surface area contributed by atoms with Gasteiger partial charge in [0.25, 0.3) is 0 Å². The Morgan fingerprint density at radius 3 is 2.41 bits per heavy atom. The van der Waals surface area contributed by atoms with Crippen molar-refractivity contribution in [2.45, 2.75) is 12.5 Å². The summed E-state index contributed by atoms with van der Waals surface area (Å²) in [6.07, 6.45) is 2.63. The Bertz CT molecular complexity index is 478. The maximum absolute atomic E-state index is 5.27. The van der Waals surface area contributed by atoms with Crippen molar-refractivity contribution in [3.63, 3.8) is 0 Å². The summed E-state index contributed by atoms with van der Waals surface area (Å²) in [5.74, 6) is 0. The molecule has 0 spiro atoms. The molecular formula is C13H13Br2NO. The molecule has 1 unspecified atom stereocenters. The maximum atomic E-state index is 5.27. The van der Waals surface area contributed by atoms with Crippen molar-refractivity contribution in [2.75, 3.05) is 7.05 Å². The zero-order valence-corrected chi connectivity index (χ0v) is 12.6. The van der Waals surface area contributed by atoms with Gasteiger partial charge in [-0.1, -0.05) is 28.1 Å². The Hall–Kier alpha value is -0.580. The number of nitrogens with one attached hydrogen (secondary N) is 1. The number of furan rings is 1. The molecule has 0 saturated heterocycles. The number of benzene rings is 1. The summed E-state index contributed by atoms with van der Waals surface area (Å²) in [6.45, 7) is 0. The predicted molar refractivity (Wildman–Crippen MR) is 76.1 cm³/mol. The minimum Gasteiger partial charge on any atom is -0.457 e. The molecule has 0 saturated carbocycles. The molecule has 17 heavy (non-hydrogen) atoms. The highest BCUT2D eigenvalue weighted by molar-refractivity contribution is 9.10. The number of hydrogen-bond acceptors (Lipinski definition) is 2. The topological polar surface area (TPSA) is 25.2 Å². The second kappa shape index (κ2) is 5.85. The van der Waals surface area contributed by atoms with Gasteiger partial charge in [0.05, 0.1) is 6.26 Å². The van der Waals surface area contributed by atoms with E-state index in [1.807, 2.05) is 13.1 Å². The molecule has 2 aromatic rings. The minimum absolute atomic E-state index is 0.254. The van der Waals surface area contributed by atoms with E-state index >= 15 is 0 Å². The first-order chi connectivity index (χ1) is 8.20. The molecule has 1 aromatic carbocycles. The fraction of sp³-hybridized carbons (Fsp3) is 0.231. The van der Waals surface area contributed by atoms with Crippen LogP contribution in [0.15, 0.2) is 50.2 Å². The van der Waals surface area contributed by atoms with Gasteiger partial charge in [0, 0.05) is 16.1 Å². The normalized spacial score (nSPS) is 12.6. The molecule has 0 aliphatic heterocycles. The third kappa shape index (κ3) is 3.21. The van der Waals surface area contributed by atoms with Crippen molar-refractivity contribution in [1.29, 1.82) is 0 Å². The van der Waals surface area contributed by atoms with Crippen molar-refractivity contribution in [3.05, 3.63) is 56.9 Å². The van der Waals surface area contributed by atoms with Gasteiger partial charge in [-0.3, -0.25) is 0 Å². The van der Waals surface area contributed by atoms with Crippen LogP contribution in [0.3, 0.4) is 0 Å². The van der Waals surface area contributed by atoms with Gasteiger partial charge in [0.2, 0.25) is 0 Å². The van der Waals surface area contributed by atoms with Crippen molar-refractivity contribution < 1.29 is 4.42 Å². The number of likely N-dealkylation sites (N-methyl/N-ethyl adjacent to an activating group) is 1. The summed E-state index contributed by atoms with van der Waals surface area (Å²) in [7, 11) is 1.96. The first-order valence-corrected chi connectivity index (χ1v) is 6.94. The molecule has 4 heteroatoms. The highest BCUT2D eigenvalue weighted by atomic mass is 79.9. The average molecular weight is 359 g/mol. The van der Waals surface area contributed by atoms with Crippen LogP contribution in [0.1, 0.15) is 17.2 Å². The molecular weight excluding hydrogens is 346 g/mol. The molecule has 1 atom stereocenters. The van der Waals surface area contributed by atoms with Gasteiger partial charge in [-0.05, 0) is 53.2 Å². The molecule has 0 aliphatic rings. The molecule has 0 fully saturated rings. The molecule has 1 N–H and O–H groups in total. The van der Waals surface area contributed by atoms with Crippen molar-refractivity contribution in [3.8, 4) is 0 Å². The summed E-state index contributed by atoms with van der Waals surface area (Å²) >= 11 is 6.86. The van der Waals surface area contributed by atoms with Gasteiger partial charge < -0.3 is 9.73 Å². The lowest BCUT2D eigenvalue weighted by molar-refractivity contribution is 0.518. The highest BCUT2D eigenvalue weighted by Gasteiger charge is 2.15. The summed E-state index contributed by atoms with van der Waals surface area (Å²) in [5.41, 5.74) is 2.44. The SMILES string of the molecule is CNC(Cc1ccc(Br)cc1)c1ccoc1Br. The molecule has 2 rings (SSSR count). The van der Waals surface area contributed by atoms with Crippen LogP contribution in [0, 0.1) is 0 Å². The third-order valence-electron chi connectivity index (χ3n) is 2.72. The predicted octanol–water partition coefficient (Wildman–Crippen LogP) is 4.31. The summed E-state index contributed by atoms with van der Waals surface area (Å²) in [4.78, 5) is 0. The second-order valence-electron chi connectivity index (χ2n) is 3.82. The van der Waals surface area contributed by atoms with Crippen LogP contribution in [-0.2, 0) is 6.42 Å². The van der Waals surface area contributed by atoms with Crippen LogP contribution in [0.25, 0.3) is 0 Å². The summed E-state index contributed by atoms with van der Waals surface area (Å²) < 4.78 is 7.18. The highest BCUT2D eigenvalue weighted by Crippen LogP contribution is 2.27. The van der Waals surface area contributed by atoms with Crippen LogP contribution >= 0.6 is 31.9 Å². The van der Waals surface area contributed by atoms with Crippen molar-refractivity contribution in [1.82, 2.24) is 5.32 Å². The maximum Gasteiger partial charge on any atom is 0.173 e. The first-order valence-electron chi connectivity index (χ1n) is 5.35. The fourth-order valence-electron chi connectivity index (χ4n) is 1.78. The van der Waals surface area contributed by atoms with Gasteiger partial charge in [0.15, 0.2) is 4.67 Å². The molecule has 1 heterocycles. The quantitative estimate of drug-likeness (QED) is 0.880. The minimum atomic E-state index is 0.254. The van der Waals surface area contributed by atoms with Crippen LogP contribution in [0.2, 0.25) is 0 Å². The van der Waals surface area contributed by atoms with Gasteiger partial charge in [-0.25, -0.2) is 0 Å². The lowest BCUT2D eigenvalue weighted by Crippen LogP contribution is -2.18. The Kier molecular flexibility index (Phi) is 4.42. The Morgan fingerprint density at radius 2 is 1.88 bits per heavy atom. The van der Waals surface area contributed by atoms with Gasteiger partial charge in [0.1, 0.15) is 0 Å². The first kappa shape index (κ1) is 12.9. The fourth-order valence-corrected chi connectivity index (χ4v) is 2.56. The lowest BCUT2D eigenvalue weighted by Gasteiger charge is -2.15. The standard InChI is InChI=1S/C13H13Br2NO/c1-16-12(11-6-7-17-13(11)15)8-9-2-4-10(14)5-3-9/h2-7,12,16H,8H2,1H3. The third-order valence-corrected chi connectivity index (χ3v) is 3.90. The number of hydrogen-bond donors (Lipinski definition) is 1. The zero-order chi connectivity index (χ0) is 12.3. The van der Waals surface area contributed by atoms with Crippen LogP contribution in [0.4, 0.5) is 0 Å². The molecule has 0 aliphatic carbocycles. The van der Waals surface area contributed by atoms with Crippen molar-refractivity contribution in [2.24, 2.45) is 0 Å². The van der Waals surface area contributed by atoms with E-state index in [0.29, 0.717) is 0 Å². The Balaban J connectivity index is 2.16. The molecule has 0 bridgehead atoms. The molecule has 1 aromatic heterocycles. The van der Waals surface area contributed by atoms with E-state index in [-0.39, 0.29) is 6.04 Å². The van der Waals surface area contributed by atoms with Crippen molar-refractivity contribution >= 4 is 31.9 Å². The summed E-state index contributed by atoms with van der Waals surface area (Å²) in [6, 6.07) is 10.6. The number of rotatable bonds is 4. The summed E-state index contributed by atoms with van der Waals surface area (Å²) in [5, 5.41) is 3.31. The monoisotopic (exact) mass is 357 g/mol. The van der Waals surface area contributed by atoms with Crippen LogP contribution in [0.5, 0.6) is 0 Å². The number of halogens is 2. The Labute approximate surface area is 118 Å². The van der Waals surface area contributed by atoms with E-state index in [2.05, 4.69) is 61.4 Å². The van der Waals surface area contributed by atoms with E-state index < -0.39 is 0 Å². The van der Waals surface area contributed by atoms with E-state index in [9.17, 15) is 0 Å². The molecule has 0 radical (unpaired) electrons. The van der Waals surface area contributed by atoms with E-state index in [0.717, 1.165) is 21.1 Å². The second-order valence-corrected chi connectivity index (χ2v) is 5.46. The molecule has 90 valence electrons. The average Bonchev–Trinajstić information content (AvgIpc) is 2.75. The van der Waals surface area contributed by atoms with Gasteiger partial charge in [-0.2, -0.15) is 0 Å². The zero-order valence-electron chi connectivity index (χ0n) is 9.41. The van der Waals surface area contributed by atoms with Gasteiger partial charge >= 0.3 is 0 Å². The molecule has 0 amide bonds. The largest absolute Gasteiger partial charge is 0.457 e. The lowest BCUT2D eigenvalue weighted by atomic mass is 10.0.